The third-order valence-electron chi connectivity index (χ3n) is 3.46. The highest BCUT2D eigenvalue weighted by Gasteiger charge is 2.16. The number of hydrogen-bond donors (Lipinski definition) is 1. The molecule has 104 valence electrons. The lowest BCUT2D eigenvalue weighted by atomic mass is 10.1. The Morgan fingerprint density at radius 2 is 2.53 bits per heavy atom. The van der Waals surface area contributed by atoms with Crippen molar-refractivity contribution < 1.29 is 9.47 Å². The number of aromatic nitrogens is 2. The quantitative estimate of drug-likeness (QED) is 0.911. The molecule has 1 unspecified atom stereocenters. The summed E-state index contributed by atoms with van der Waals surface area (Å²) in [6.45, 7) is 2.54. The SMILES string of the molecule is COc1nc2sccn2c1CNCC1CCCCO1. The van der Waals surface area contributed by atoms with Crippen molar-refractivity contribution in [3.8, 4) is 5.88 Å². The zero-order valence-electron chi connectivity index (χ0n) is 11.1. The summed E-state index contributed by atoms with van der Waals surface area (Å²) in [5, 5.41) is 5.49. The van der Waals surface area contributed by atoms with Gasteiger partial charge in [0.05, 0.1) is 13.2 Å². The van der Waals surface area contributed by atoms with E-state index in [9.17, 15) is 0 Å². The van der Waals surface area contributed by atoms with E-state index in [2.05, 4.69) is 14.7 Å². The van der Waals surface area contributed by atoms with Gasteiger partial charge in [-0.3, -0.25) is 4.40 Å². The van der Waals surface area contributed by atoms with Gasteiger partial charge < -0.3 is 14.8 Å². The van der Waals surface area contributed by atoms with Crippen molar-refractivity contribution in [2.75, 3.05) is 20.3 Å². The maximum absolute atomic E-state index is 5.71. The molecule has 1 aliphatic rings. The minimum absolute atomic E-state index is 0.352. The molecule has 0 spiro atoms. The summed E-state index contributed by atoms with van der Waals surface area (Å²) in [6.07, 6.45) is 6.01. The van der Waals surface area contributed by atoms with E-state index < -0.39 is 0 Å². The zero-order chi connectivity index (χ0) is 13.1. The average Bonchev–Trinajstić information content (AvgIpc) is 3.02. The number of ether oxygens (including phenoxy) is 2. The lowest BCUT2D eigenvalue weighted by Gasteiger charge is -2.22. The van der Waals surface area contributed by atoms with Crippen molar-refractivity contribution >= 4 is 16.3 Å². The molecule has 3 heterocycles. The van der Waals surface area contributed by atoms with Gasteiger partial charge in [-0.2, -0.15) is 4.98 Å². The van der Waals surface area contributed by atoms with Crippen molar-refractivity contribution in [1.29, 1.82) is 0 Å². The largest absolute Gasteiger partial charge is 0.480 e. The fraction of sp³-hybridized carbons (Fsp3) is 0.615. The molecule has 2 aromatic heterocycles. The highest BCUT2D eigenvalue weighted by atomic mass is 32.1. The number of fused-ring (bicyclic) bond motifs is 1. The molecule has 0 saturated carbocycles. The number of nitrogens with zero attached hydrogens (tertiary/aromatic N) is 2. The standard InChI is InChI=1S/C13H19N3O2S/c1-17-12-11(16-5-7-19-13(16)15-12)9-14-8-10-4-2-3-6-18-10/h5,7,10,14H,2-4,6,8-9H2,1H3. The van der Waals surface area contributed by atoms with Gasteiger partial charge in [0.1, 0.15) is 5.69 Å². The molecule has 0 radical (unpaired) electrons. The van der Waals surface area contributed by atoms with E-state index in [0.29, 0.717) is 12.0 Å². The van der Waals surface area contributed by atoms with Crippen LogP contribution >= 0.6 is 11.3 Å². The summed E-state index contributed by atoms with van der Waals surface area (Å²) in [6, 6.07) is 0. The maximum atomic E-state index is 5.71. The summed E-state index contributed by atoms with van der Waals surface area (Å²) < 4.78 is 13.1. The monoisotopic (exact) mass is 281 g/mol. The van der Waals surface area contributed by atoms with E-state index in [0.717, 1.165) is 36.8 Å². The summed E-state index contributed by atoms with van der Waals surface area (Å²) in [7, 11) is 1.67. The number of hydrogen-bond acceptors (Lipinski definition) is 5. The molecule has 1 atom stereocenters. The van der Waals surface area contributed by atoms with Gasteiger partial charge in [0.2, 0.25) is 5.88 Å². The molecule has 19 heavy (non-hydrogen) atoms. The van der Waals surface area contributed by atoms with Gasteiger partial charge in [-0.05, 0) is 19.3 Å². The van der Waals surface area contributed by atoms with Crippen molar-refractivity contribution in [3.05, 3.63) is 17.3 Å². The minimum atomic E-state index is 0.352. The Bertz CT molecular complexity index is 531. The molecule has 0 aliphatic carbocycles. The van der Waals surface area contributed by atoms with Crippen molar-refractivity contribution in [3.63, 3.8) is 0 Å². The van der Waals surface area contributed by atoms with Gasteiger partial charge in [0.25, 0.3) is 0 Å². The Hall–Kier alpha value is -1.11. The van der Waals surface area contributed by atoms with Gasteiger partial charge in [-0.15, -0.1) is 11.3 Å². The molecule has 1 fully saturated rings. The average molecular weight is 281 g/mol. The lowest BCUT2D eigenvalue weighted by molar-refractivity contribution is 0.0167. The number of rotatable bonds is 5. The fourth-order valence-corrected chi connectivity index (χ4v) is 3.18. The Balaban J connectivity index is 1.62. The lowest BCUT2D eigenvalue weighted by Crippen LogP contribution is -2.31. The van der Waals surface area contributed by atoms with Crippen LogP contribution in [0.15, 0.2) is 11.6 Å². The first-order valence-corrected chi connectivity index (χ1v) is 7.57. The van der Waals surface area contributed by atoms with Crippen LogP contribution in [0.2, 0.25) is 0 Å². The molecule has 0 bridgehead atoms. The van der Waals surface area contributed by atoms with Crippen LogP contribution in [0, 0.1) is 0 Å². The summed E-state index contributed by atoms with van der Waals surface area (Å²) in [5.41, 5.74) is 1.08. The molecule has 1 N–H and O–H groups in total. The van der Waals surface area contributed by atoms with Crippen LogP contribution in [0.5, 0.6) is 5.88 Å². The summed E-state index contributed by atoms with van der Waals surface area (Å²) >= 11 is 1.62. The second-order valence-corrected chi connectivity index (χ2v) is 5.62. The van der Waals surface area contributed by atoms with Crippen LogP contribution in [0.25, 0.3) is 4.96 Å². The predicted molar refractivity (Wildman–Crippen MR) is 74.9 cm³/mol. The van der Waals surface area contributed by atoms with Crippen LogP contribution in [-0.2, 0) is 11.3 Å². The fourth-order valence-electron chi connectivity index (χ4n) is 2.46. The first-order valence-electron chi connectivity index (χ1n) is 6.69. The second kappa shape index (κ2) is 5.90. The van der Waals surface area contributed by atoms with Crippen LogP contribution in [0.3, 0.4) is 0 Å². The molecular weight excluding hydrogens is 262 g/mol. The first-order chi connectivity index (χ1) is 9.38. The van der Waals surface area contributed by atoms with Crippen LogP contribution in [0.1, 0.15) is 25.0 Å². The highest BCUT2D eigenvalue weighted by molar-refractivity contribution is 7.15. The van der Waals surface area contributed by atoms with E-state index in [1.54, 1.807) is 18.4 Å². The topological polar surface area (TPSA) is 47.8 Å². The number of methoxy groups -OCH3 is 1. The third-order valence-corrected chi connectivity index (χ3v) is 4.21. The maximum Gasteiger partial charge on any atom is 0.237 e. The van der Waals surface area contributed by atoms with Gasteiger partial charge >= 0.3 is 0 Å². The van der Waals surface area contributed by atoms with Gasteiger partial charge in [-0.1, -0.05) is 0 Å². The molecule has 2 aromatic rings. The predicted octanol–water partition coefficient (Wildman–Crippen LogP) is 2.06. The Morgan fingerprint density at radius 3 is 3.32 bits per heavy atom. The third kappa shape index (κ3) is 2.75. The van der Waals surface area contributed by atoms with Gasteiger partial charge in [0.15, 0.2) is 4.96 Å². The highest BCUT2D eigenvalue weighted by Crippen LogP contribution is 2.22. The normalized spacial score (nSPS) is 19.9. The van der Waals surface area contributed by atoms with E-state index in [1.165, 1.54) is 12.8 Å². The first kappa shape index (κ1) is 12.9. The smallest absolute Gasteiger partial charge is 0.237 e. The van der Waals surface area contributed by atoms with Gasteiger partial charge in [0, 0.05) is 31.3 Å². The second-order valence-electron chi connectivity index (χ2n) is 4.74. The Labute approximate surface area is 116 Å². The van der Waals surface area contributed by atoms with Crippen molar-refractivity contribution in [1.82, 2.24) is 14.7 Å². The molecule has 1 aliphatic heterocycles. The van der Waals surface area contributed by atoms with Crippen LogP contribution < -0.4 is 10.1 Å². The molecule has 3 rings (SSSR count). The molecule has 1 saturated heterocycles. The molecule has 6 heteroatoms. The van der Waals surface area contributed by atoms with Crippen LogP contribution in [0.4, 0.5) is 0 Å². The van der Waals surface area contributed by atoms with E-state index >= 15 is 0 Å². The van der Waals surface area contributed by atoms with E-state index in [4.69, 9.17) is 9.47 Å². The van der Waals surface area contributed by atoms with E-state index in [1.807, 2.05) is 11.6 Å². The van der Waals surface area contributed by atoms with E-state index in [-0.39, 0.29) is 0 Å². The van der Waals surface area contributed by atoms with Crippen LogP contribution in [-0.4, -0.2) is 35.8 Å². The Morgan fingerprint density at radius 1 is 1.58 bits per heavy atom. The number of thiazole rings is 1. The number of nitrogens with one attached hydrogen (secondary N) is 1. The molecule has 0 aromatic carbocycles. The molecule has 5 nitrogen and oxygen atoms in total. The molecular formula is C13H19N3O2S. The number of imidazole rings is 1. The molecule has 0 amide bonds. The van der Waals surface area contributed by atoms with Crippen molar-refractivity contribution in [2.45, 2.75) is 31.9 Å². The summed E-state index contributed by atoms with van der Waals surface area (Å²) in [4.78, 5) is 5.42. The van der Waals surface area contributed by atoms with Crippen molar-refractivity contribution in [2.24, 2.45) is 0 Å². The minimum Gasteiger partial charge on any atom is -0.480 e. The summed E-state index contributed by atoms with van der Waals surface area (Å²) in [5.74, 6) is 0.712. The zero-order valence-corrected chi connectivity index (χ0v) is 11.9. The van der Waals surface area contributed by atoms with Gasteiger partial charge in [-0.25, -0.2) is 0 Å². The Kier molecular flexibility index (Phi) is 4.00.